The number of carboxylic acids is 1. The lowest BCUT2D eigenvalue weighted by Gasteiger charge is -2.25. The Balaban J connectivity index is 2.67. The largest absolute Gasteiger partial charge is 0.480 e. The molecular formula is C13H18O2S. The molecule has 0 aliphatic carbocycles. The second-order valence-electron chi connectivity index (χ2n) is 3.78. The number of hydrogen-bond donors (Lipinski definition) is 1. The number of rotatable bonds is 6. The van der Waals surface area contributed by atoms with Crippen LogP contribution < -0.4 is 0 Å². The van der Waals surface area contributed by atoms with Gasteiger partial charge >= 0.3 is 5.97 Å². The predicted molar refractivity (Wildman–Crippen MR) is 68.7 cm³/mol. The van der Waals surface area contributed by atoms with E-state index in [1.54, 1.807) is 0 Å². The quantitative estimate of drug-likeness (QED) is 0.823. The average Bonchev–Trinajstić information content (AvgIpc) is 2.32. The number of hydrogen-bond acceptors (Lipinski definition) is 2. The smallest absolute Gasteiger partial charge is 0.319 e. The monoisotopic (exact) mass is 238 g/mol. The van der Waals surface area contributed by atoms with Gasteiger partial charge in [-0.2, -0.15) is 0 Å². The zero-order valence-electron chi connectivity index (χ0n) is 9.77. The summed E-state index contributed by atoms with van der Waals surface area (Å²) in [7, 11) is 0. The summed E-state index contributed by atoms with van der Waals surface area (Å²) >= 11 is 1.53. The van der Waals surface area contributed by atoms with Crippen molar-refractivity contribution < 1.29 is 9.90 Å². The van der Waals surface area contributed by atoms with E-state index in [0.29, 0.717) is 12.8 Å². The van der Waals surface area contributed by atoms with Crippen molar-refractivity contribution in [1.29, 1.82) is 0 Å². The minimum absolute atomic E-state index is 0.629. The Morgan fingerprint density at radius 2 is 1.81 bits per heavy atom. The van der Waals surface area contributed by atoms with Gasteiger partial charge in [-0.1, -0.05) is 44.2 Å². The van der Waals surface area contributed by atoms with E-state index in [1.165, 1.54) is 17.3 Å². The first kappa shape index (κ1) is 13.1. The van der Waals surface area contributed by atoms with Crippen molar-refractivity contribution in [1.82, 2.24) is 0 Å². The van der Waals surface area contributed by atoms with E-state index in [9.17, 15) is 9.90 Å². The number of carbonyl (C=O) groups is 1. The Morgan fingerprint density at radius 1 is 1.25 bits per heavy atom. The molecule has 0 spiro atoms. The lowest BCUT2D eigenvalue weighted by atomic mass is 10.0. The van der Waals surface area contributed by atoms with Gasteiger partial charge in [0, 0.05) is 5.75 Å². The third-order valence-corrected chi connectivity index (χ3v) is 4.67. The molecule has 16 heavy (non-hydrogen) atoms. The van der Waals surface area contributed by atoms with Gasteiger partial charge in [-0.25, -0.2) is 0 Å². The molecule has 0 aliphatic rings. The van der Waals surface area contributed by atoms with Crippen molar-refractivity contribution in [3.63, 3.8) is 0 Å². The van der Waals surface area contributed by atoms with E-state index in [0.717, 1.165) is 5.75 Å². The predicted octanol–water partition coefficient (Wildman–Crippen LogP) is 3.56. The highest BCUT2D eigenvalue weighted by Gasteiger charge is 2.35. The molecule has 2 nitrogen and oxygen atoms in total. The average molecular weight is 238 g/mol. The van der Waals surface area contributed by atoms with Gasteiger partial charge in [-0.05, 0) is 18.4 Å². The number of thioether (sulfide) groups is 1. The number of benzene rings is 1. The first-order valence-corrected chi connectivity index (χ1v) is 6.54. The maximum absolute atomic E-state index is 11.3. The van der Waals surface area contributed by atoms with Crippen molar-refractivity contribution in [2.24, 2.45) is 0 Å². The first-order valence-electron chi connectivity index (χ1n) is 5.56. The SMILES string of the molecule is CCC(CC)(SCc1ccccc1)C(=O)O. The van der Waals surface area contributed by atoms with Crippen molar-refractivity contribution in [2.45, 2.75) is 37.2 Å². The van der Waals surface area contributed by atoms with Crippen molar-refractivity contribution in [3.8, 4) is 0 Å². The normalized spacial score (nSPS) is 11.4. The van der Waals surface area contributed by atoms with Crippen LogP contribution in [-0.2, 0) is 10.5 Å². The van der Waals surface area contributed by atoms with E-state index in [4.69, 9.17) is 0 Å². The van der Waals surface area contributed by atoms with Crippen LogP contribution in [0.15, 0.2) is 30.3 Å². The molecule has 1 N–H and O–H groups in total. The van der Waals surface area contributed by atoms with E-state index in [2.05, 4.69) is 0 Å². The van der Waals surface area contributed by atoms with Crippen LogP contribution in [0, 0.1) is 0 Å². The summed E-state index contributed by atoms with van der Waals surface area (Å²) in [5.41, 5.74) is 1.18. The first-order chi connectivity index (χ1) is 7.64. The van der Waals surface area contributed by atoms with Gasteiger partial charge in [0.1, 0.15) is 4.75 Å². The minimum atomic E-state index is -0.696. The van der Waals surface area contributed by atoms with Crippen LogP contribution in [0.1, 0.15) is 32.3 Å². The molecule has 0 unspecified atom stereocenters. The summed E-state index contributed by atoms with van der Waals surface area (Å²) < 4.78 is -0.629. The van der Waals surface area contributed by atoms with Crippen LogP contribution in [0.2, 0.25) is 0 Å². The minimum Gasteiger partial charge on any atom is -0.480 e. The Hall–Kier alpha value is -0.960. The lowest BCUT2D eigenvalue weighted by Crippen LogP contribution is -2.33. The van der Waals surface area contributed by atoms with Crippen molar-refractivity contribution in [2.75, 3.05) is 0 Å². The van der Waals surface area contributed by atoms with Crippen LogP contribution in [0.4, 0.5) is 0 Å². The van der Waals surface area contributed by atoms with E-state index in [-0.39, 0.29) is 0 Å². The molecule has 0 aromatic heterocycles. The molecule has 1 aromatic rings. The summed E-state index contributed by atoms with van der Waals surface area (Å²) in [6.07, 6.45) is 1.33. The third kappa shape index (κ3) is 3.01. The fourth-order valence-corrected chi connectivity index (χ4v) is 2.78. The molecule has 0 fully saturated rings. The van der Waals surface area contributed by atoms with Gasteiger partial charge in [0.15, 0.2) is 0 Å². The second-order valence-corrected chi connectivity index (χ2v) is 5.14. The van der Waals surface area contributed by atoms with Crippen LogP contribution in [0.5, 0.6) is 0 Å². The third-order valence-electron chi connectivity index (χ3n) is 2.89. The van der Waals surface area contributed by atoms with Crippen molar-refractivity contribution in [3.05, 3.63) is 35.9 Å². The highest BCUT2D eigenvalue weighted by Crippen LogP contribution is 2.35. The van der Waals surface area contributed by atoms with Gasteiger partial charge in [-0.3, -0.25) is 4.79 Å². The fraction of sp³-hybridized carbons (Fsp3) is 0.462. The molecule has 0 saturated carbocycles. The van der Waals surface area contributed by atoms with Gasteiger partial charge < -0.3 is 5.11 Å². The number of aliphatic carboxylic acids is 1. The summed E-state index contributed by atoms with van der Waals surface area (Å²) in [6.45, 7) is 3.88. The Kier molecular flexibility index (Phi) is 4.87. The van der Waals surface area contributed by atoms with Gasteiger partial charge in [0.2, 0.25) is 0 Å². The number of carboxylic acid groups (broad SMARTS) is 1. The Labute approximate surface area is 101 Å². The summed E-state index contributed by atoms with van der Waals surface area (Å²) in [6, 6.07) is 10.0. The van der Waals surface area contributed by atoms with Gasteiger partial charge in [-0.15, -0.1) is 11.8 Å². The maximum atomic E-state index is 11.3. The summed E-state index contributed by atoms with van der Waals surface area (Å²) in [5, 5.41) is 9.28. The van der Waals surface area contributed by atoms with E-state index >= 15 is 0 Å². The molecule has 0 aliphatic heterocycles. The maximum Gasteiger partial charge on any atom is 0.319 e. The van der Waals surface area contributed by atoms with Gasteiger partial charge in [0.25, 0.3) is 0 Å². The van der Waals surface area contributed by atoms with Gasteiger partial charge in [0.05, 0.1) is 0 Å². The molecule has 1 aromatic carbocycles. The van der Waals surface area contributed by atoms with Crippen LogP contribution in [0.3, 0.4) is 0 Å². The molecule has 0 radical (unpaired) electrons. The van der Waals surface area contributed by atoms with Crippen LogP contribution in [-0.4, -0.2) is 15.8 Å². The van der Waals surface area contributed by atoms with Crippen LogP contribution in [0.25, 0.3) is 0 Å². The topological polar surface area (TPSA) is 37.3 Å². The summed E-state index contributed by atoms with van der Waals surface area (Å²) in [4.78, 5) is 11.3. The molecule has 0 bridgehead atoms. The molecule has 0 atom stereocenters. The Morgan fingerprint density at radius 3 is 2.25 bits per heavy atom. The molecule has 0 amide bonds. The molecule has 0 heterocycles. The molecule has 1 rings (SSSR count). The highest BCUT2D eigenvalue weighted by molar-refractivity contribution is 8.00. The fourth-order valence-electron chi connectivity index (χ4n) is 1.61. The van der Waals surface area contributed by atoms with E-state index in [1.807, 2.05) is 44.2 Å². The Bertz CT molecular complexity index is 331. The standard InChI is InChI=1S/C13H18O2S/c1-3-13(4-2,12(14)15)16-10-11-8-6-5-7-9-11/h5-9H,3-4,10H2,1-2H3,(H,14,15). The lowest BCUT2D eigenvalue weighted by molar-refractivity contribution is -0.140. The second kappa shape index (κ2) is 5.94. The zero-order valence-corrected chi connectivity index (χ0v) is 10.6. The zero-order chi connectivity index (χ0) is 12.0. The highest BCUT2D eigenvalue weighted by atomic mass is 32.2. The summed E-state index contributed by atoms with van der Waals surface area (Å²) in [5.74, 6) is 0.0629. The van der Waals surface area contributed by atoms with Crippen molar-refractivity contribution >= 4 is 17.7 Å². The molecule has 0 saturated heterocycles. The molecule has 88 valence electrons. The molecular weight excluding hydrogens is 220 g/mol. The molecule has 3 heteroatoms. The van der Waals surface area contributed by atoms with Crippen LogP contribution >= 0.6 is 11.8 Å². The van der Waals surface area contributed by atoms with E-state index < -0.39 is 10.7 Å².